The van der Waals surface area contributed by atoms with Crippen LogP contribution in [0, 0.1) is 11.8 Å². The van der Waals surface area contributed by atoms with Gasteiger partial charge in [-0.3, -0.25) is 0 Å². The summed E-state index contributed by atoms with van der Waals surface area (Å²) in [5.41, 5.74) is 1.29. The number of nitrogens with one attached hydrogen (secondary N) is 1. The van der Waals surface area contributed by atoms with E-state index in [9.17, 15) is 4.79 Å². The lowest BCUT2D eigenvalue weighted by Crippen LogP contribution is -2.41. The molecule has 1 amide bonds. The predicted octanol–water partition coefficient (Wildman–Crippen LogP) is 4.05. The summed E-state index contributed by atoms with van der Waals surface area (Å²) in [5, 5.41) is 11.3. The number of carboxylic acid groups (broad SMARTS) is 1. The zero-order valence-corrected chi connectivity index (χ0v) is 13.9. The van der Waals surface area contributed by atoms with Crippen LogP contribution in [0.25, 0.3) is 0 Å². The van der Waals surface area contributed by atoms with Crippen LogP contribution in [0.15, 0.2) is 35.9 Å². The molecule has 5 nitrogen and oxygen atoms in total. The molecule has 1 aromatic carbocycles. The maximum Gasteiger partial charge on any atom is 0.405 e. The van der Waals surface area contributed by atoms with E-state index in [2.05, 4.69) is 32.2 Å². The van der Waals surface area contributed by atoms with Crippen LogP contribution in [0.3, 0.4) is 0 Å². The third kappa shape index (κ3) is 4.91. The summed E-state index contributed by atoms with van der Waals surface area (Å²) >= 11 is 0. The van der Waals surface area contributed by atoms with Gasteiger partial charge >= 0.3 is 6.09 Å². The van der Waals surface area contributed by atoms with Gasteiger partial charge in [-0.15, -0.1) is 0 Å². The average Bonchev–Trinajstić information content (AvgIpc) is 2.95. The molecule has 2 unspecified atom stereocenters. The third-order valence-corrected chi connectivity index (χ3v) is 4.22. The van der Waals surface area contributed by atoms with Crippen molar-refractivity contribution in [2.75, 3.05) is 6.79 Å². The molecule has 126 valence electrons. The minimum Gasteiger partial charge on any atom is -0.465 e. The van der Waals surface area contributed by atoms with Crippen molar-refractivity contribution in [3.8, 4) is 11.5 Å². The van der Waals surface area contributed by atoms with Gasteiger partial charge in [0.05, 0.1) is 6.04 Å². The molecule has 1 aliphatic heterocycles. The Bertz CT molecular complexity index is 545. The molecule has 5 heteroatoms. The Balaban J connectivity index is 0.000000182. The number of hydrogen-bond donors (Lipinski definition) is 2. The summed E-state index contributed by atoms with van der Waals surface area (Å²) in [6, 6.07) is 7.63. The number of rotatable bonds is 2. The van der Waals surface area contributed by atoms with Crippen molar-refractivity contribution in [1.82, 2.24) is 5.32 Å². The fourth-order valence-corrected chi connectivity index (χ4v) is 2.97. The highest BCUT2D eigenvalue weighted by atomic mass is 16.7. The van der Waals surface area contributed by atoms with E-state index in [4.69, 9.17) is 14.6 Å². The Hall–Kier alpha value is -2.17. The molecule has 2 atom stereocenters. The standard InChI is InChI=1S/C11H19NO2.C7H6O2/c1-7(2)9-5-4-8(3)6-10(9)12-11(13)14;1-2-4-7-6(3-1)8-5-9-7/h6-7,9-10,12H,4-5H2,1-3H3,(H,13,14);1-4H,5H2. The van der Waals surface area contributed by atoms with Gasteiger partial charge in [0, 0.05) is 0 Å². The highest BCUT2D eigenvalue weighted by Crippen LogP contribution is 2.30. The van der Waals surface area contributed by atoms with E-state index in [-0.39, 0.29) is 6.04 Å². The molecular weight excluding hydrogens is 294 g/mol. The Morgan fingerprint density at radius 3 is 2.39 bits per heavy atom. The second kappa shape index (κ2) is 7.90. The summed E-state index contributed by atoms with van der Waals surface area (Å²) < 4.78 is 10.2. The average molecular weight is 319 g/mol. The highest BCUT2D eigenvalue weighted by Gasteiger charge is 2.27. The quantitative estimate of drug-likeness (QED) is 0.807. The molecule has 2 aliphatic rings. The highest BCUT2D eigenvalue weighted by molar-refractivity contribution is 5.65. The summed E-state index contributed by atoms with van der Waals surface area (Å²) in [4.78, 5) is 10.6. The lowest BCUT2D eigenvalue weighted by molar-refractivity contribution is 0.174. The monoisotopic (exact) mass is 319 g/mol. The van der Waals surface area contributed by atoms with Gasteiger partial charge in [-0.05, 0) is 43.7 Å². The van der Waals surface area contributed by atoms with Gasteiger partial charge in [0.2, 0.25) is 6.79 Å². The van der Waals surface area contributed by atoms with Crippen molar-refractivity contribution in [1.29, 1.82) is 0 Å². The molecule has 1 aromatic rings. The van der Waals surface area contributed by atoms with Crippen LogP contribution in [0.4, 0.5) is 4.79 Å². The number of allylic oxidation sites excluding steroid dienone is 1. The van der Waals surface area contributed by atoms with Crippen LogP contribution < -0.4 is 14.8 Å². The van der Waals surface area contributed by atoms with Gasteiger partial charge in [-0.25, -0.2) is 4.79 Å². The minimum atomic E-state index is -0.924. The lowest BCUT2D eigenvalue weighted by Gasteiger charge is -2.32. The smallest absolute Gasteiger partial charge is 0.405 e. The SMILES string of the molecule is CC1=CC(NC(=O)O)C(C(C)C)CC1.c1ccc2c(c1)OCO2. The van der Waals surface area contributed by atoms with Gasteiger partial charge in [0.25, 0.3) is 0 Å². The van der Waals surface area contributed by atoms with Crippen molar-refractivity contribution < 1.29 is 19.4 Å². The van der Waals surface area contributed by atoms with E-state index >= 15 is 0 Å². The third-order valence-electron chi connectivity index (χ3n) is 4.22. The van der Waals surface area contributed by atoms with E-state index in [0.29, 0.717) is 18.6 Å². The molecule has 1 aliphatic carbocycles. The van der Waals surface area contributed by atoms with Crippen LogP contribution in [-0.2, 0) is 0 Å². The van der Waals surface area contributed by atoms with E-state index in [0.717, 1.165) is 24.3 Å². The van der Waals surface area contributed by atoms with Crippen molar-refractivity contribution in [2.45, 2.75) is 39.7 Å². The van der Waals surface area contributed by atoms with Gasteiger partial charge < -0.3 is 19.9 Å². The van der Waals surface area contributed by atoms with E-state index in [1.165, 1.54) is 5.57 Å². The predicted molar refractivity (Wildman–Crippen MR) is 88.8 cm³/mol. The van der Waals surface area contributed by atoms with E-state index in [1.54, 1.807) is 0 Å². The lowest BCUT2D eigenvalue weighted by atomic mass is 9.79. The summed E-state index contributed by atoms with van der Waals surface area (Å²) in [5.74, 6) is 2.65. The Labute approximate surface area is 137 Å². The van der Waals surface area contributed by atoms with Crippen molar-refractivity contribution in [3.05, 3.63) is 35.9 Å². The van der Waals surface area contributed by atoms with Crippen LogP contribution in [0.1, 0.15) is 33.6 Å². The van der Waals surface area contributed by atoms with E-state index in [1.807, 2.05) is 24.3 Å². The first-order chi connectivity index (χ1) is 11.0. The minimum absolute atomic E-state index is 0.00116. The molecule has 3 rings (SSSR count). The maximum atomic E-state index is 10.6. The van der Waals surface area contributed by atoms with E-state index < -0.39 is 6.09 Å². The number of amides is 1. The molecule has 0 radical (unpaired) electrons. The topological polar surface area (TPSA) is 67.8 Å². The Morgan fingerprint density at radius 1 is 1.26 bits per heavy atom. The number of hydrogen-bond acceptors (Lipinski definition) is 3. The number of ether oxygens (including phenoxy) is 2. The Kier molecular flexibility index (Phi) is 5.90. The van der Waals surface area contributed by atoms with Gasteiger partial charge in [-0.2, -0.15) is 0 Å². The first-order valence-electron chi connectivity index (χ1n) is 7.98. The second-order valence-corrected chi connectivity index (χ2v) is 6.29. The Morgan fingerprint density at radius 2 is 1.87 bits per heavy atom. The number of fused-ring (bicyclic) bond motifs is 1. The number of carbonyl (C=O) groups is 1. The van der Waals surface area contributed by atoms with Crippen LogP contribution in [0.2, 0.25) is 0 Å². The van der Waals surface area contributed by atoms with Crippen molar-refractivity contribution in [2.24, 2.45) is 11.8 Å². The zero-order valence-electron chi connectivity index (χ0n) is 13.9. The molecule has 23 heavy (non-hydrogen) atoms. The normalized spacial score (nSPS) is 22.0. The number of para-hydroxylation sites is 2. The first kappa shape index (κ1) is 17.2. The van der Waals surface area contributed by atoms with Gasteiger partial charge in [0.15, 0.2) is 11.5 Å². The second-order valence-electron chi connectivity index (χ2n) is 6.29. The summed E-state index contributed by atoms with van der Waals surface area (Å²) in [6.07, 6.45) is 3.32. The van der Waals surface area contributed by atoms with Crippen molar-refractivity contribution in [3.63, 3.8) is 0 Å². The molecular formula is C18H25NO4. The zero-order chi connectivity index (χ0) is 16.8. The fraction of sp³-hybridized carbons (Fsp3) is 0.500. The first-order valence-corrected chi connectivity index (χ1v) is 7.98. The van der Waals surface area contributed by atoms with Crippen LogP contribution in [0.5, 0.6) is 11.5 Å². The molecule has 0 bridgehead atoms. The molecule has 1 heterocycles. The molecule has 0 aromatic heterocycles. The number of benzene rings is 1. The molecule has 0 fully saturated rings. The fourth-order valence-electron chi connectivity index (χ4n) is 2.97. The summed E-state index contributed by atoms with van der Waals surface area (Å²) in [6.45, 7) is 6.72. The molecule has 0 saturated heterocycles. The van der Waals surface area contributed by atoms with Crippen LogP contribution in [-0.4, -0.2) is 24.0 Å². The largest absolute Gasteiger partial charge is 0.465 e. The van der Waals surface area contributed by atoms with Gasteiger partial charge in [-0.1, -0.05) is 37.6 Å². The van der Waals surface area contributed by atoms with Crippen LogP contribution >= 0.6 is 0 Å². The molecule has 0 saturated carbocycles. The molecule has 0 spiro atoms. The maximum absolute atomic E-state index is 10.6. The van der Waals surface area contributed by atoms with Gasteiger partial charge in [0.1, 0.15) is 0 Å². The molecule has 2 N–H and O–H groups in total. The summed E-state index contributed by atoms with van der Waals surface area (Å²) in [7, 11) is 0. The van der Waals surface area contributed by atoms with Crippen molar-refractivity contribution >= 4 is 6.09 Å².